The third kappa shape index (κ3) is 7.76. The fourth-order valence-electron chi connectivity index (χ4n) is 6.68. The van der Waals surface area contributed by atoms with Gasteiger partial charge in [-0.05, 0) is 74.2 Å². The number of hydrogen-bond acceptors (Lipinski definition) is 11. The van der Waals surface area contributed by atoms with Crippen LogP contribution in [0.25, 0.3) is 11.3 Å². The van der Waals surface area contributed by atoms with Gasteiger partial charge in [-0.25, -0.2) is 42.5 Å². The minimum absolute atomic E-state index is 0. The lowest BCUT2D eigenvalue weighted by atomic mass is 10.0. The molecule has 2 saturated heterocycles. The second kappa shape index (κ2) is 16.8. The van der Waals surface area contributed by atoms with E-state index in [4.69, 9.17) is 15.9 Å². The van der Waals surface area contributed by atoms with E-state index in [9.17, 15) is 22.7 Å². The molecule has 0 amide bonds. The Bertz CT molecular complexity index is 2280. The quantitative estimate of drug-likeness (QED) is 0.0939. The van der Waals surface area contributed by atoms with Crippen molar-refractivity contribution in [2.45, 2.75) is 37.8 Å². The van der Waals surface area contributed by atoms with Gasteiger partial charge in [0.2, 0.25) is 0 Å². The summed E-state index contributed by atoms with van der Waals surface area (Å²) in [6.07, 6.45) is 9.49. The number of halogens is 5. The van der Waals surface area contributed by atoms with E-state index in [1.807, 2.05) is 9.80 Å². The van der Waals surface area contributed by atoms with E-state index in [2.05, 4.69) is 32.1 Å². The molecule has 8 rings (SSSR count). The SMILES string of the molecule is Cl.N#Cc1cnn2ccc(N3CCCC3c3cc(F)ccc3F)nc12.N=C(CO)c1cnn2ccc(N3CCC[C@@H]3c3cc(F)ccc3F)nc12.NO. The Labute approximate surface area is 306 Å². The minimum Gasteiger partial charge on any atom is -0.390 e. The Balaban J connectivity index is 0.000000192. The van der Waals surface area contributed by atoms with Crippen LogP contribution >= 0.6 is 12.4 Å². The number of nitrogens with two attached hydrogens (primary N) is 1. The zero-order valence-corrected chi connectivity index (χ0v) is 28.8. The number of aliphatic hydroxyl groups excluding tert-OH is 1. The molecule has 2 aliphatic heterocycles. The molecule has 2 atom stereocenters. The van der Waals surface area contributed by atoms with Crippen LogP contribution in [0.5, 0.6) is 0 Å². The molecule has 0 saturated carbocycles. The molecular formula is C35H34ClF4N11O2. The van der Waals surface area contributed by atoms with Crippen LogP contribution in [0.15, 0.2) is 73.3 Å². The van der Waals surface area contributed by atoms with Gasteiger partial charge >= 0.3 is 0 Å². The minimum atomic E-state index is -0.467. The van der Waals surface area contributed by atoms with Crippen molar-refractivity contribution in [3.63, 3.8) is 0 Å². The summed E-state index contributed by atoms with van der Waals surface area (Å²) in [7, 11) is 0. The number of nitrogens with zero attached hydrogens (tertiary/aromatic N) is 9. The number of aromatic nitrogens is 6. The van der Waals surface area contributed by atoms with Crippen LogP contribution in [-0.4, -0.2) is 64.9 Å². The standard InChI is InChI=1S/C18H17F2N5O.C17H13F2N5.ClH.H3NO/c19-11-3-4-14(20)12(8-11)16-2-1-6-24(16)17-5-7-25-18(23-17)13(9-22-25)15(21)10-26;18-12-3-4-14(19)13(8-12)15-2-1-6-23(15)16-5-7-24-17(22-16)11(9-20)10-21-24;;1-2/h3-5,7-9,16,21,26H,1-2,6,10H2;3-5,7-8,10,15H,1-2,6H2;1H;2H,1H2/t16-;;;/m1.../s1. The lowest BCUT2D eigenvalue weighted by Gasteiger charge is -2.26. The Morgan fingerprint density at radius 2 is 1.28 bits per heavy atom. The van der Waals surface area contributed by atoms with Crippen molar-refractivity contribution >= 4 is 41.0 Å². The summed E-state index contributed by atoms with van der Waals surface area (Å²) >= 11 is 0. The van der Waals surface area contributed by atoms with Gasteiger partial charge in [0.25, 0.3) is 0 Å². The number of nitrogens with one attached hydrogen (secondary N) is 1. The van der Waals surface area contributed by atoms with Crippen LogP contribution < -0.4 is 15.7 Å². The molecule has 18 heteroatoms. The lowest BCUT2D eigenvalue weighted by Crippen LogP contribution is -2.24. The number of hydrogen-bond donors (Lipinski definition) is 4. The molecule has 53 heavy (non-hydrogen) atoms. The molecule has 2 fully saturated rings. The molecule has 6 aromatic rings. The van der Waals surface area contributed by atoms with Crippen molar-refractivity contribution in [2.24, 2.45) is 5.90 Å². The lowest BCUT2D eigenvalue weighted by molar-refractivity contribution is 0.311. The molecule has 13 nitrogen and oxygen atoms in total. The Morgan fingerprint density at radius 3 is 1.79 bits per heavy atom. The summed E-state index contributed by atoms with van der Waals surface area (Å²) in [6, 6.07) is 12.0. The maximum Gasteiger partial charge on any atom is 0.175 e. The number of rotatable bonds is 6. The van der Waals surface area contributed by atoms with Gasteiger partial charge in [0, 0.05) is 36.6 Å². The van der Waals surface area contributed by atoms with E-state index in [0.717, 1.165) is 43.5 Å². The van der Waals surface area contributed by atoms with Crippen molar-refractivity contribution < 1.29 is 27.9 Å². The summed E-state index contributed by atoms with van der Waals surface area (Å²) < 4.78 is 58.6. The van der Waals surface area contributed by atoms with Gasteiger partial charge in [0.05, 0.1) is 42.4 Å². The number of nitriles is 1. The van der Waals surface area contributed by atoms with Crippen LogP contribution in [0.4, 0.5) is 29.2 Å². The molecule has 1 unspecified atom stereocenters. The second-order valence-electron chi connectivity index (χ2n) is 12.0. The highest BCUT2D eigenvalue weighted by atomic mass is 35.5. The van der Waals surface area contributed by atoms with Gasteiger partial charge in [0.15, 0.2) is 11.3 Å². The molecule has 4 aromatic heterocycles. The number of aliphatic hydroxyl groups is 1. The third-order valence-electron chi connectivity index (χ3n) is 9.04. The van der Waals surface area contributed by atoms with Gasteiger partial charge in [0.1, 0.15) is 46.5 Å². The smallest absolute Gasteiger partial charge is 0.175 e. The molecule has 6 heterocycles. The molecule has 276 valence electrons. The van der Waals surface area contributed by atoms with E-state index in [0.29, 0.717) is 64.7 Å². The van der Waals surface area contributed by atoms with Crippen molar-refractivity contribution in [3.05, 3.63) is 119 Å². The summed E-state index contributed by atoms with van der Waals surface area (Å²) in [5.74, 6) is 2.96. The van der Waals surface area contributed by atoms with E-state index in [1.165, 1.54) is 33.6 Å². The summed E-state index contributed by atoms with van der Waals surface area (Å²) in [4.78, 5) is 13.0. The topological polar surface area (TPSA) is 181 Å². The highest BCUT2D eigenvalue weighted by molar-refractivity contribution is 6.03. The molecular weight excluding hydrogens is 718 g/mol. The predicted octanol–water partition coefficient (Wildman–Crippen LogP) is 5.69. The maximum atomic E-state index is 14.2. The largest absolute Gasteiger partial charge is 0.390 e. The van der Waals surface area contributed by atoms with Crippen LogP contribution in [-0.2, 0) is 0 Å². The summed E-state index contributed by atoms with van der Waals surface area (Å²) in [5, 5.41) is 40.9. The highest BCUT2D eigenvalue weighted by Gasteiger charge is 2.31. The average molecular weight is 752 g/mol. The van der Waals surface area contributed by atoms with Crippen LogP contribution in [0, 0.1) is 40.0 Å². The second-order valence-corrected chi connectivity index (χ2v) is 12.0. The highest BCUT2D eigenvalue weighted by Crippen LogP contribution is 2.38. The molecule has 0 radical (unpaired) electrons. The first-order valence-electron chi connectivity index (χ1n) is 16.2. The Hall–Kier alpha value is -5.67. The van der Waals surface area contributed by atoms with Gasteiger partial charge in [-0.1, -0.05) is 0 Å². The fourth-order valence-corrected chi connectivity index (χ4v) is 6.68. The number of fused-ring (bicyclic) bond motifs is 2. The van der Waals surface area contributed by atoms with Crippen LogP contribution in [0.1, 0.15) is 60.0 Å². The van der Waals surface area contributed by atoms with Crippen molar-refractivity contribution in [1.29, 1.82) is 10.7 Å². The molecule has 0 spiro atoms. The average Bonchev–Trinajstić information content (AvgIpc) is 4.00. The molecule has 5 N–H and O–H groups in total. The maximum absolute atomic E-state index is 14.2. The Kier molecular flexibility index (Phi) is 12.2. The molecule has 0 aliphatic carbocycles. The Morgan fingerprint density at radius 1 is 0.792 bits per heavy atom. The first-order chi connectivity index (χ1) is 25.2. The molecule has 0 bridgehead atoms. The van der Waals surface area contributed by atoms with E-state index >= 15 is 0 Å². The molecule has 2 aromatic carbocycles. The van der Waals surface area contributed by atoms with Gasteiger partial charge in [-0.3, -0.25) is 0 Å². The third-order valence-corrected chi connectivity index (χ3v) is 9.04. The van der Waals surface area contributed by atoms with Gasteiger partial charge in [-0.15, -0.1) is 12.4 Å². The molecule has 2 aliphatic rings. The van der Waals surface area contributed by atoms with Gasteiger partial charge < -0.3 is 25.5 Å². The fraction of sp³-hybridized carbons (Fsp3) is 0.257. The zero-order chi connectivity index (χ0) is 36.9. The van der Waals surface area contributed by atoms with Crippen LogP contribution in [0.2, 0.25) is 0 Å². The van der Waals surface area contributed by atoms with E-state index < -0.39 is 29.9 Å². The summed E-state index contributed by atoms with van der Waals surface area (Å²) in [5.41, 5.74) is 2.42. The summed E-state index contributed by atoms with van der Waals surface area (Å²) in [6.45, 7) is 0.957. The van der Waals surface area contributed by atoms with Crippen LogP contribution in [0.3, 0.4) is 0 Å². The normalized spacial score (nSPS) is 16.4. The first-order valence-corrected chi connectivity index (χ1v) is 16.2. The number of benzene rings is 2. The first kappa shape index (κ1) is 38.6. The zero-order valence-electron chi connectivity index (χ0n) is 27.9. The predicted molar refractivity (Wildman–Crippen MR) is 189 cm³/mol. The van der Waals surface area contributed by atoms with Crippen molar-refractivity contribution in [2.75, 3.05) is 29.5 Å². The van der Waals surface area contributed by atoms with Crippen molar-refractivity contribution in [3.8, 4) is 6.07 Å². The monoisotopic (exact) mass is 751 g/mol. The van der Waals surface area contributed by atoms with Gasteiger partial charge in [-0.2, -0.15) is 15.5 Å². The number of anilines is 2. The van der Waals surface area contributed by atoms with E-state index in [1.54, 1.807) is 24.5 Å². The van der Waals surface area contributed by atoms with E-state index in [-0.39, 0.29) is 30.2 Å². The van der Waals surface area contributed by atoms with Crippen molar-refractivity contribution in [1.82, 2.24) is 29.2 Å².